The molecule has 0 bridgehead atoms. The molecular formula is C22H25N5O. The number of H-pyrrole nitrogens is 1. The fourth-order valence-corrected chi connectivity index (χ4v) is 4.32. The van der Waals surface area contributed by atoms with Gasteiger partial charge in [-0.1, -0.05) is 56.2 Å². The predicted octanol–water partition coefficient (Wildman–Crippen LogP) is 3.38. The molecule has 1 saturated carbocycles. The average Bonchev–Trinajstić information content (AvgIpc) is 3.32. The monoisotopic (exact) mass is 375 g/mol. The molecule has 6 nitrogen and oxygen atoms in total. The van der Waals surface area contributed by atoms with Crippen LogP contribution in [0.3, 0.4) is 0 Å². The molecule has 0 amide bonds. The van der Waals surface area contributed by atoms with E-state index in [2.05, 4.69) is 33.7 Å². The van der Waals surface area contributed by atoms with Gasteiger partial charge in [0.05, 0.1) is 12.2 Å². The van der Waals surface area contributed by atoms with Crippen molar-refractivity contribution in [3.63, 3.8) is 0 Å². The molecule has 1 atom stereocenters. The van der Waals surface area contributed by atoms with E-state index >= 15 is 0 Å². The van der Waals surface area contributed by atoms with Crippen molar-refractivity contribution < 1.29 is 0 Å². The normalized spacial score (nSPS) is 19.9. The van der Waals surface area contributed by atoms with Crippen LogP contribution in [0.25, 0.3) is 16.7 Å². The van der Waals surface area contributed by atoms with Crippen LogP contribution in [0.1, 0.15) is 43.1 Å². The maximum absolute atomic E-state index is 12.5. The lowest BCUT2D eigenvalue weighted by Gasteiger charge is -2.24. The number of likely N-dealkylation sites (tertiary alicyclic amines) is 1. The quantitative estimate of drug-likeness (QED) is 0.742. The van der Waals surface area contributed by atoms with Gasteiger partial charge in [0.1, 0.15) is 11.2 Å². The van der Waals surface area contributed by atoms with Gasteiger partial charge in [-0.2, -0.15) is 5.10 Å². The number of benzene rings is 1. The maximum atomic E-state index is 12.5. The Bertz CT molecular complexity index is 1060. The second-order valence-corrected chi connectivity index (χ2v) is 8.04. The van der Waals surface area contributed by atoms with Crippen molar-refractivity contribution in [1.29, 1.82) is 0 Å². The molecule has 28 heavy (non-hydrogen) atoms. The van der Waals surface area contributed by atoms with Crippen LogP contribution in [0.15, 0.2) is 47.9 Å². The molecule has 0 radical (unpaired) electrons. The summed E-state index contributed by atoms with van der Waals surface area (Å²) in [5, 5.41) is 5.12. The molecule has 2 fully saturated rings. The van der Waals surface area contributed by atoms with Crippen molar-refractivity contribution in [2.24, 2.45) is 5.92 Å². The number of hydrogen-bond acceptors (Lipinski definition) is 4. The van der Waals surface area contributed by atoms with Crippen molar-refractivity contribution in [1.82, 2.24) is 24.6 Å². The van der Waals surface area contributed by atoms with Crippen molar-refractivity contribution in [2.75, 3.05) is 13.1 Å². The number of aromatic amines is 1. The molecule has 144 valence electrons. The lowest BCUT2D eigenvalue weighted by Crippen LogP contribution is -2.22. The summed E-state index contributed by atoms with van der Waals surface area (Å²) in [5.41, 5.74) is 2.83. The van der Waals surface area contributed by atoms with Gasteiger partial charge in [0, 0.05) is 25.2 Å². The highest BCUT2D eigenvalue weighted by Gasteiger charge is 2.28. The predicted molar refractivity (Wildman–Crippen MR) is 110 cm³/mol. The average molecular weight is 375 g/mol. The Kier molecular flexibility index (Phi) is 4.26. The number of fused-ring (bicyclic) bond motifs is 1. The molecule has 1 aliphatic carbocycles. The Morgan fingerprint density at radius 3 is 2.79 bits per heavy atom. The van der Waals surface area contributed by atoms with E-state index in [1.807, 2.05) is 22.9 Å². The first kappa shape index (κ1) is 17.2. The standard InChI is InChI=1S/C22H25N5O/c1-15(17-8-3-2-4-9-17)26-11-10-18(14-26)27-21-19(13-23-27)22(28)25-20(24-21)12-16-6-5-7-16/h2-4,8-9,13,16,18H,1,5-7,10-12,14H2,(H,24,25,28). The van der Waals surface area contributed by atoms with Crippen molar-refractivity contribution in [3.8, 4) is 0 Å². The number of hydrogen-bond donors (Lipinski definition) is 1. The van der Waals surface area contributed by atoms with E-state index in [1.54, 1.807) is 6.20 Å². The van der Waals surface area contributed by atoms with E-state index in [0.717, 1.165) is 48.7 Å². The first-order chi connectivity index (χ1) is 13.7. The van der Waals surface area contributed by atoms with Gasteiger partial charge in [0.15, 0.2) is 5.65 Å². The molecule has 3 aromatic rings. The first-order valence-corrected chi connectivity index (χ1v) is 10.1. The van der Waals surface area contributed by atoms with Crippen LogP contribution in [0.4, 0.5) is 0 Å². The molecule has 3 heterocycles. The Morgan fingerprint density at radius 1 is 1.21 bits per heavy atom. The maximum Gasteiger partial charge on any atom is 0.262 e. The first-order valence-electron chi connectivity index (χ1n) is 10.1. The molecule has 1 saturated heterocycles. The van der Waals surface area contributed by atoms with Gasteiger partial charge in [-0.3, -0.25) is 4.79 Å². The van der Waals surface area contributed by atoms with Gasteiger partial charge in [-0.15, -0.1) is 0 Å². The van der Waals surface area contributed by atoms with Crippen LogP contribution in [0, 0.1) is 5.92 Å². The van der Waals surface area contributed by atoms with Crippen molar-refractivity contribution in [2.45, 2.75) is 38.1 Å². The molecule has 1 aromatic carbocycles. The second kappa shape index (κ2) is 6.93. The molecule has 2 aromatic heterocycles. The molecule has 6 heteroatoms. The van der Waals surface area contributed by atoms with Crippen molar-refractivity contribution >= 4 is 16.7 Å². The van der Waals surface area contributed by atoms with Crippen LogP contribution >= 0.6 is 0 Å². The summed E-state index contributed by atoms with van der Waals surface area (Å²) in [5.74, 6) is 1.46. The van der Waals surface area contributed by atoms with Gasteiger partial charge in [-0.25, -0.2) is 9.67 Å². The summed E-state index contributed by atoms with van der Waals surface area (Å²) in [6, 6.07) is 10.5. The van der Waals surface area contributed by atoms with Crippen LogP contribution in [0.5, 0.6) is 0 Å². The zero-order valence-electron chi connectivity index (χ0n) is 16.0. The minimum atomic E-state index is -0.0749. The SMILES string of the molecule is C=C(c1ccccc1)N1CCC(n2ncc3c(=O)[nH]c(CC4CCC4)nc32)C1. The van der Waals surface area contributed by atoms with Crippen LogP contribution in [-0.4, -0.2) is 37.7 Å². The molecular weight excluding hydrogens is 350 g/mol. The summed E-state index contributed by atoms with van der Waals surface area (Å²) in [6.07, 6.45) is 7.24. The third-order valence-corrected chi connectivity index (χ3v) is 6.22. The topological polar surface area (TPSA) is 66.8 Å². The van der Waals surface area contributed by atoms with Gasteiger partial charge >= 0.3 is 0 Å². The Labute approximate surface area is 163 Å². The van der Waals surface area contributed by atoms with E-state index in [1.165, 1.54) is 19.3 Å². The third-order valence-electron chi connectivity index (χ3n) is 6.22. The highest BCUT2D eigenvalue weighted by atomic mass is 16.1. The van der Waals surface area contributed by atoms with E-state index in [4.69, 9.17) is 4.98 Å². The van der Waals surface area contributed by atoms with Gasteiger partial charge in [-0.05, 0) is 17.9 Å². The summed E-state index contributed by atoms with van der Waals surface area (Å²) in [7, 11) is 0. The Hall–Kier alpha value is -2.89. The minimum absolute atomic E-state index is 0.0749. The Morgan fingerprint density at radius 2 is 2.04 bits per heavy atom. The lowest BCUT2D eigenvalue weighted by atomic mass is 9.83. The zero-order valence-corrected chi connectivity index (χ0v) is 16.0. The van der Waals surface area contributed by atoms with Gasteiger partial charge in [0.2, 0.25) is 0 Å². The smallest absolute Gasteiger partial charge is 0.262 e. The largest absolute Gasteiger partial charge is 0.369 e. The van der Waals surface area contributed by atoms with E-state index < -0.39 is 0 Å². The van der Waals surface area contributed by atoms with Crippen LogP contribution in [0.2, 0.25) is 0 Å². The second-order valence-electron chi connectivity index (χ2n) is 8.04. The number of aromatic nitrogens is 4. The minimum Gasteiger partial charge on any atom is -0.369 e. The highest BCUT2D eigenvalue weighted by molar-refractivity contribution is 5.73. The highest BCUT2D eigenvalue weighted by Crippen LogP contribution is 2.31. The summed E-state index contributed by atoms with van der Waals surface area (Å²) in [6.45, 7) is 6.05. The lowest BCUT2D eigenvalue weighted by molar-refractivity contribution is 0.309. The molecule has 1 N–H and O–H groups in total. The fourth-order valence-electron chi connectivity index (χ4n) is 4.32. The summed E-state index contributed by atoms with van der Waals surface area (Å²) in [4.78, 5) is 22.6. The summed E-state index contributed by atoms with van der Waals surface area (Å²) >= 11 is 0. The molecule has 0 spiro atoms. The Balaban J connectivity index is 1.40. The summed E-state index contributed by atoms with van der Waals surface area (Å²) < 4.78 is 1.95. The number of rotatable bonds is 5. The van der Waals surface area contributed by atoms with Crippen molar-refractivity contribution in [3.05, 3.63) is 64.8 Å². The van der Waals surface area contributed by atoms with Crippen LogP contribution < -0.4 is 5.56 Å². The molecule has 2 aliphatic rings. The van der Waals surface area contributed by atoms with E-state index in [9.17, 15) is 4.79 Å². The van der Waals surface area contributed by atoms with Crippen LogP contribution in [-0.2, 0) is 6.42 Å². The third kappa shape index (κ3) is 3.03. The fraction of sp³-hybridized carbons (Fsp3) is 0.409. The van der Waals surface area contributed by atoms with Gasteiger partial charge in [0.25, 0.3) is 5.56 Å². The van der Waals surface area contributed by atoms with E-state index in [0.29, 0.717) is 11.3 Å². The molecule has 5 rings (SSSR count). The number of nitrogens with one attached hydrogen (secondary N) is 1. The number of nitrogens with zero attached hydrogens (tertiary/aromatic N) is 4. The van der Waals surface area contributed by atoms with Gasteiger partial charge < -0.3 is 9.88 Å². The molecule has 1 aliphatic heterocycles. The van der Waals surface area contributed by atoms with E-state index in [-0.39, 0.29) is 11.6 Å². The zero-order chi connectivity index (χ0) is 19.1. The molecule has 1 unspecified atom stereocenters.